The van der Waals surface area contributed by atoms with Crippen molar-refractivity contribution in [2.45, 2.75) is 46.1 Å². The standard InChI is InChI=1S/C36H38N2O5/c1-21(15-24-16-22(2)34(40)23(3)17-24)9-14-31-32-25(19-39)18-29-33(30(32)20-43-31)36(42)38(35(29)41)28-12-10-27(11-13-28)37-26-7-5-4-6-8-26/h4-8,10-13,15-17,29-31,33,37,39-40H,9,14,18-20H2,1-3H3/b21-15+/t29-,30+,31-,33-/m1/s1. The molecule has 3 aromatic rings. The fraction of sp³-hybridized carbons (Fsp3) is 0.333. The Bertz CT molecular complexity index is 1590. The molecule has 1 aliphatic carbocycles. The minimum atomic E-state index is -0.490. The Morgan fingerprint density at radius 3 is 2.33 bits per heavy atom. The molecule has 0 bridgehead atoms. The van der Waals surface area contributed by atoms with Gasteiger partial charge < -0.3 is 20.3 Å². The van der Waals surface area contributed by atoms with Crippen molar-refractivity contribution in [3.05, 3.63) is 100 Å². The topological polar surface area (TPSA) is 99.1 Å². The number of aromatic hydroxyl groups is 1. The van der Waals surface area contributed by atoms with Crippen LogP contribution in [0.15, 0.2) is 83.4 Å². The third-order valence-electron chi connectivity index (χ3n) is 9.11. The number of benzene rings is 3. The number of anilines is 3. The number of fused-ring (bicyclic) bond motifs is 3. The Hall–Kier alpha value is -4.20. The summed E-state index contributed by atoms with van der Waals surface area (Å²) >= 11 is 0. The highest BCUT2D eigenvalue weighted by Crippen LogP contribution is 2.50. The van der Waals surface area contributed by atoms with Crippen molar-refractivity contribution >= 4 is 35.0 Å². The zero-order chi connectivity index (χ0) is 30.2. The molecule has 7 heteroatoms. The number of hydrogen-bond donors (Lipinski definition) is 3. The number of phenolic OH excluding ortho intramolecular Hbond substituents is 1. The van der Waals surface area contributed by atoms with Gasteiger partial charge in [0.15, 0.2) is 0 Å². The van der Waals surface area contributed by atoms with Gasteiger partial charge in [0.05, 0.1) is 36.8 Å². The first-order valence-electron chi connectivity index (χ1n) is 15.0. The maximum absolute atomic E-state index is 13.8. The number of ether oxygens (including phenoxy) is 1. The van der Waals surface area contributed by atoms with Crippen LogP contribution >= 0.6 is 0 Å². The highest BCUT2D eigenvalue weighted by Gasteiger charge is 2.57. The van der Waals surface area contributed by atoms with E-state index in [1.807, 2.05) is 68.4 Å². The van der Waals surface area contributed by atoms with Gasteiger partial charge in [0.2, 0.25) is 11.8 Å². The molecule has 0 aromatic heterocycles. The minimum absolute atomic E-state index is 0.142. The SMILES string of the molecule is C/C(=C\c1cc(C)c(O)c(C)c1)CC[C@H]1OC[C@H]2C1=C(CO)C[C@H]1C(=O)N(c3ccc(Nc4ccccc4)cc3)C(=O)[C@H]12. The van der Waals surface area contributed by atoms with Crippen molar-refractivity contribution in [1.29, 1.82) is 0 Å². The molecule has 2 aliphatic heterocycles. The van der Waals surface area contributed by atoms with Gasteiger partial charge in [-0.25, -0.2) is 0 Å². The molecule has 7 nitrogen and oxygen atoms in total. The molecule has 2 heterocycles. The summed E-state index contributed by atoms with van der Waals surface area (Å²) in [5.41, 5.74) is 8.15. The number of aliphatic hydroxyl groups is 1. The van der Waals surface area contributed by atoms with E-state index in [2.05, 4.69) is 18.3 Å². The molecule has 2 saturated heterocycles. The van der Waals surface area contributed by atoms with Crippen molar-refractivity contribution in [2.24, 2.45) is 17.8 Å². The molecule has 0 unspecified atom stereocenters. The number of nitrogens with zero attached hydrogens (tertiary/aromatic N) is 1. The van der Waals surface area contributed by atoms with Gasteiger partial charge >= 0.3 is 0 Å². The second kappa shape index (κ2) is 11.8. The number of aliphatic hydroxyl groups excluding tert-OH is 1. The van der Waals surface area contributed by atoms with Gasteiger partial charge in [0.1, 0.15) is 5.75 Å². The van der Waals surface area contributed by atoms with Gasteiger partial charge in [0.25, 0.3) is 0 Å². The number of phenols is 1. The largest absolute Gasteiger partial charge is 0.507 e. The van der Waals surface area contributed by atoms with E-state index >= 15 is 0 Å². The molecule has 0 spiro atoms. The molecular formula is C36H38N2O5. The summed E-state index contributed by atoms with van der Waals surface area (Å²) in [7, 11) is 0. The Kier molecular flexibility index (Phi) is 7.95. The number of imide groups is 1. The summed E-state index contributed by atoms with van der Waals surface area (Å²) in [5, 5.41) is 23.8. The number of carbonyl (C=O) groups is 2. The number of para-hydroxylation sites is 1. The molecule has 0 radical (unpaired) electrons. The number of carbonyl (C=O) groups excluding carboxylic acids is 2. The first-order chi connectivity index (χ1) is 20.7. The molecule has 3 N–H and O–H groups in total. The smallest absolute Gasteiger partial charge is 0.238 e. The average Bonchev–Trinajstić information content (AvgIpc) is 3.53. The van der Waals surface area contributed by atoms with Crippen LogP contribution in [0.5, 0.6) is 5.75 Å². The Morgan fingerprint density at radius 1 is 0.977 bits per heavy atom. The highest BCUT2D eigenvalue weighted by molar-refractivity contribution is 6.22. The number of nitrogens with one attached hydrogen (secondary N) is 1. The monoisotopic (exact) mass is 578 g/mol. The third kappa shape index (κ3) is 5.51. The van der Waals surface area contributed by atoms with E-state index in [0.29, 0.717) is 24.5 Å². The van der Waals surface area contributed by atoms with Gasteiger partial charge in [-0.1, -0.05) is 29.8 Å². The van der Waals surface area contributed by atoms with E-state index in [1.165, 1.54) is 10.5 Å². The molecule has 6 rings (SSSR count). The van der Waals surface area contributed by atoms with Gasteiger partial charge in [0, 0.05) is 17.3 Å². The first-order valence-corrected chi connectivity index (χ1v) is 15.0. The maximum atomic E-state index is 13.8. The van der Waals surface area contributed by atoms with E-state index in [1.54, 1.807) is 12.1 Å². The van der Waals surface area contributed by atoms with E-state index in [-0.39, 0.29) is 30.4 Å². The normalized spacial score (nSPS) is 23.5. The quantitative estimate of drug-likeness (QED) is 0.210. The number of allylic oxidation sites excluding steroid dienone is 1. The van der Waals surface area contributed by atoms with Gasteiger partial charge in [-0.15, -0.1) is 0 Å². The van der Waals surface area contributed by atoms with Crippen LogP contribution in [0, 0.1) is 31.6 Å². The van der Waals surface area contributed by atoms with Crippen molar-refractivity contribution in [3.8, 4) is 5.75 Å². The highest BCUT2D eigenvalue weighted by atomic mass is 16.5. The second-order valence-electron chi connectivity index (χ2n) is 12.1. The lowest BCUT2D eigenvalue weighted by Crippen LogP contribution is -2.35. The van der Waals surface area contributed by atoms with Crippen LogP contribution in [0.4, 0.5) is 17.1 Å². The molecular weight excluding hydrogens is 540 g/mol. The zero-order valence-corrected chi connectivity index (χ0v) is 24.8. The molecule has 3 aromatic carbocycles. The summed E-state index contributed by atoms with van der Waals surface area (Å²) in [6, 6.07) is 21.1. The Labute approximate surface area is 252 Å². The lowest BCUT2D eigenvalue weighted by atomic mass is 9.69. The minimum Gasteiger partial charge on any atom is -0.507 e. The molecule has 222 valence electrons. The van der Waals surface area contributed by atoms with E-state index in [9.17, 15) is 19.8 Å². The molecule has 2 amide bonds. The van der Waals surface area contributed by atoms with Crippen LogP contribution in [-0.4, -0.2) is 41.3 Å². The Balaban J connectivity index is 1.17. The second-order valence-corrected chi connectivity index (χ2v) is 12.1. The van der Waals surface area contributed by atoms with Gasteiger partial charge in [-0.3, -0.25) is 14.5 Å². The van der Waals surface area contributed by atoms with Crippen LogP contribution in [0.2, 0.25) is 0 Å². The molecule has 4 atom stereocenters. The van der Waals surface area contributed by atoms with Crippen molar-refractivity contribution in [3.63, 3.8) is 0 Å². The Morgan fingerprint density at radius 2 is 1.65 bits per heavy atom. The van der Waals surface area contributed by atoms with Crippen molar-refractivity contribution in [1.82, 2.24) is 0 Å². The van der Waals surface area contributed by atoms with Crippen LogP contribution < -0.4 is 10.2 Å². The summed E-state index contributed by atoms with van der Waals surface area (Å²) in [6.07, 6.45) is 3.83. The number of rotatable bonds is 8. The lowest BCUT2D eigenvalue weighted by Gasteiger charge is -2.31. The van der Waals surface area contributed by atoms with Crippen LogP contribution in [0.3, 0.4) is 0 Å². The van der Waals surface area contributed by atoms with E-state index in [0.717, 1.165) is 52.1 Å². The number of aryl methyl sites for hydroxylation is 2. The summed E-state index contributed by atoms with van der Waals surface area (Å²) in [6.45, 7) is 6.11. The van der Waals surface area contributed by atoms with E-state index in [4.69, 9.17) is 4.74 Å². The fourth-order valence-corrected chi connectivity index (χ4v) is 7.04. The summed E-state index contributed by atoms with van der Waals surface area (Å²) in [4.78, 5) is 28.8. The number of amides is 2. The molecule has 43 heavy (non-hydrogen) atoms. The van der Waals surface area contributed by atoms with Crippen molar-refractivity contribution in [2.75, 3.05) is 23.4 Å². The average molecular weight is 579 g/mol. The van der Waals surface area contributed by atoms with Gasteiger partial charge in [-0.2, -0.15) is 0 Å². The summed E-state index contributed by atoms with van der Waals surface area (Å²) in [5.74, 6) is -1.24. The van der Waals surface area contributed by atoms with E-state index < -0.39 is 11.8 Å². The molecule has 0 saturated carbocycles. The van der Waals surface area contributed by atoms with Crippen molar-refractivity contribution < 1.29 is 24.5 Å². The lowest BCUT2D eigenvalue weighted by molar-refractivity contribution is -0.122. The molecule has 2 fully saturated rings. The third-order valence-corrected chi connectivity index (χ3v) is 9.11. The van der Waals surface area contributed by atoms with Crippen LogP contribution in [-0.2, 0) is 14.3 Å². The zero-order valence-electron chi connectivity index (χ0n) is 24.8. The predicted octanol–water partition coefficient (Wildman–Crippen LogP) is 6.45. The van der Waals surface area contributed by atoms with Gasteiger partial charge in [-0.05, 0) is 116 Å². The predicted molar refractivity (Wildman–Crippen MR) is 168 cm³/mol. The fourth-order valence-electron chi connectivity index (χ4n) is 7.04. The van der Waals surface area contributed by atoms with Crippen LogP contribution in [0.25, 0.3) is 6.08 Å². The number of hydrogen-bond acceptors (Lipinski definition) is 6. The summed E-state index contributed by atoms with van der Waals surface area (Å²) < 4.78 is 6.27. The molecule has 3 aliphatic rings. The van der Waals surface area contributed by atoms with Crippen LogP contribution in [0.1, 0.15) is 42.9 Å². The first kappa shape index (κ1) is 28.9. The maximum Gasteiger partial charge on any atom is 0.238 e.